The van der Waals surface area contributed by atoms with Gasteiger partial charge in [-0.1, -0.05) is 13.5 Å². The zero-order valence-electron chi connectivity index (χ0n) is 9.58. The second-order valence-corrected chi connectivity index (χ2v) is 4.50. The van der Waals surface area contributed by atoms with Crippen molar-refractivity contribution in [1.29, 1.82) is 0 Å². The van der Waals surface area contributed by atoms with Crippen LogP contribution in [-0.2, 0) is 9.53 Å². The molecule has 15 heavy (non-hydrogen) atoms. The van der Waals surface area contributed by atoms with Gasteiger partial charge in [0.15, 0.2) is 0 Å². The fourth-order valence-electron chi connectivity index (χ4n) is 1.98. The molecule has 1 aliphatic rings. The maximum absolute atomic E-state index is 11.5. The largest absolute Gasteiger partial charge is 0.455 e. The van der Waals surface area contributed by atoms with Crippen molar-refractivity contribution in [3.05, 3.63) is 12.2 Å². The van der Waals surface area contributed by atoms with Crippen LogP contribution in [-0.4, -0.2) is 23.3 Å². The summed E-state index contributed by atoms with van der Waals surface area (Å²) in [6.07, 6.45) is 3.44. The molecule has 2 atom stereocenters. The number of ether oxygens (including phenoxy) is 1. The van der Waals surface area contributed by atoms with Gasteiger partial charge in [-0.2, -0.15) is 0 Å². The van der Waals surface area contributed by atoms with Gasteiger partial charge >= 0.3 is 5.97 Å². The van der Waals surface area contributed by atoms with Crippen LogP contribution in [0.4, 0.5) is 0 Å². The first kappa shape index (κ1) is 12.2. The van der Waals surface area contributed by atoms with Gasteiger partial charge in [-0.25, -0.2) is 4.79 Å². The molecular weight excluding hydrogens is 192 g/mol. The first-order valence-electron chi connectivity index (χ1n) is 5.51. The Morgan fingerprint density at radius 1 is 1.67 bits per heavy atom. The van der Waals surface area contributed by atoms with Crippen LogP contribution in [0.1, 0.15) is 39.5 Å². The highest BCUT2D eigenvalue weighted by atomic mass is 16.6. The van der Waals surface area contributed by atoms with Gasteiger partial charge in [0, 0.05) is 12.2 Å². The Kier molecular flexibility index (Phi) is 3.91. The van der Waals surface area contributed by atoms with E-state index in [-0.39, 0.29) is 18.2 Å². The number of hydrogen-bond acceptors (Lipinski definition) is 3. The number of aliphatic hydroxyl groups is 1. The lowest BCUT2D eigenvalue weighted by Crippen LogP contribution is -2.49. The molecule has 1 fully saturated rings. The molecular formula is C12H20O3. The Balaban J connectivity index is 2.58. The molecule has 1 rings (SSSR count). The summed E-state index contributed by atoms with van der Waals surface area (Å²) in [7, 11) is 0. The molecule has 0 heterocycles. The standard InChI is InChI=1S/C12H20O3/c1-9(2)11(14)15-12(6-4-8-13)7-5-10(12)3/h10,13H,1,4-8H2,2-3H3. The average molecular weight is 212 g/mol. The lowest BCUT2D eigenvalue weighted by molar-refractivity contribution is -0.178. The molecule has 0 aromatic carbocycles. The van der Waals surface area contributed by atoms with E-state index in [1.807, 2.05) is 0 Å². The summed E-state index contributed by atoms with van der Waals surface area (Å²) >= 11 is 0. The normalized spacial score (nSPS) is 29.4. The Morgan fingerprint density at radius 3 is 2.67 bits per heavy atom. The summed E-state index contributed by atoms with van der Waals surface area (Å²) < 4.78 is 5.50. The topological polar surface area (TPSA) is 46.5 Å². The third-order valence-corrected chi connectivity index (χ3v) is 3.30. The molecule has 1 saturated carbocycles. The maximum atomic E-state index is 11.5. The second kappa shape index (κ2) is 4.79. The van der Waals surface area contributed by atoms with Crippen molar-refractivity contribution < 1.29 is 14.6 Å². The minimum absolute atomic E-state index is 0.152. The SMILES string of the molecule is C=C(C)C(=O)OC1(CCCO)CCC1C. The van der Waals surface area contributed by atoms with Crippen molar-refractivity contribution in [2.45, 2.75) is 45.1 Å². The van der Waals surface area contributed by atoms with Crippen LogP contribution >= 0.6 is 0 Å². The Labute approximate surface area is 91.1 Å². The van der Waals surface area contributed by atoms with Gasteiger partial charge in [0.25, 0.3) is 0 Å². The van der Waals surface area contributed by atoms with Gasteiger partial charge in [-0.15, -0.1) is 0 Å². The van der Waals surface area contributed by atoms with Crippen molar-refractivity contribution in [3.8, 4) is 0 Å². The molecule has 2 unspecified atom stereocenters. The predicted octanol–water partition coefficient (Wildman–Crippen LogP) is 2.05. The minimum Gasteiger partial charge on any atom is -0.455 e. The van der Waals surface area contributed by atoms with Gasteiger partial charge in [0.1, 0.15) is 5.60 Å². The molecule has 0 radical (unpaired) electrons. The highest BCUT2D eigenvalue weighted by Gasteiger charge is 2.46. The van der Waals surface area contributed by atoms with Crippen molar-refractivity contribution in [2.24, 2.45) is 5.92 Å². The first-order chi connectivity index (χ1) is 7.02. The Bertz CT molecular complexity index is 260. The second-order valence-electron chi connectivity index (χ2n) is 4.50. The fourth-order valence-corrected chi connectivity index (χ4v) is 1.98. The van der Waals surface area contributed by atoms with Crippen molar-refractivity contribution in [1.82, 2.24) is 0 Å². The van der Waals surface area contributed by atoms with Crippen molar-refractivity contribution >= 4 is 5.97 Å². The van der Waals surface area contributed by atoms with Gasteiger partial charge in [-0.05, 0) is 38.5 Å². The molecule has 86 valence electrons. The number of aliphatic hydroxyl groups excluding tert-OH is 1. The van der Waals surface area contributed by atoms with E-state index in [4.69, 9.17) is 9.84 Å². The number of esters is 1. The summed E-state index contributed by atoms with van der Waals surface area (Å²) in [6, 6.07) is 0. The molecule has 1 aliphatic carbocycles. The zero-order chi connectivity index (χ0) is 11.5. The van der Waals surface area contributed by atoms with E-state index in [1.54, 1.807) is 6.92 Å². The highest BCUT2D eigenvalue weighted by molar-refractivity contribution is 5.87. The van der Waals surface area contributed by atoms with Gasteiger partial charge in [0.2, 0.25) is 0 Å². The number of hydrogen-bond donors (Lipinski definition) is 1. The van der Waals surface area contributed by atoms with Crippen LogP contribution in [0.3, 0.4) is 0 Å². The number of rotatable bonds is 5. The molecule has 3 nitrogen and oxygen atoms in total. The van der Waals surface area contributed by atoms with E-state index in [0.717, 1.165) is 19.3 Å². The lowest BCUT2D eigenvalue weighted by atomic mass is 9.68. The quantitative estimate of drug-likeness (QED) is 0.560. The molecule has 0 amide bonds. The zero-order valence-corrected chi connectivity index (χ0v) is 9.58. The van der Waals surface area contributed by atoms with E-state index in [1.165, 1.54) is 0 Å². The molecule has 1 N–H and O–H groups in total. The lowest BCUT2D eigenvalue weighted by Gasteiger charge is -2.47. The third kappa shape index (κ3) is 2.59. The summed E-state index contributed by atoms with van der Waals surface area (Å²) in [6.45, 7) is 7.48. The molecule has 0 aliphatic heterocycles. The van der Waals surface area contributed by atoms with E-state index in [9.17, 15) is 4.79 Å². The summed E-state index contributed by atoms with van der Waals surface area (Å²) in [4.78, 5) is 11.5. The van der Waals surface area contributed by atoms with E-state index >= 15 is 0 Å². The summed E-state index contributed by atoms with van der Waals surface area (Å²) in [5.41, 5.74) is 0.108. The molecule has 0 saturated heterocycles. The molecule has 0 spiro atoms. The minimum atomic E-state index is -0.335. The van der Waals surface area contributed by atoms with Crippen LogP contribution in [0.25, 0.3) is 0 Å². The van der Waals surface area contributed by atoms with Gasteiger partial charge in [-0.3, -0.25) is 0 Å². The van der Waals surface area contributed by atoms with Crippen LogP contribution in [0.15, 0.2) is 12.2 Å². The Hall–Kier alpha value is -0.830. The van der Waals surface area contributed by atoms with E-state index in [0.29, 0.717) is 17.9 Å². The monoisotopic (exact) mass is 212 g/mol. The summed E-state index contributed by atoms with van der Waals surface area (Å²) in [5.74, 6) is 0.0897. The van der Waals surface area contributed by atoms with Crippen LogP contribution in [0.5, 0.6) is 0 Å². The molecule has 0 aromatic heterocycles. The molecule has 0 bridgehead atoms. The van der Waals surface area contributed by atoms with Crippen LogP contribution in [0.2, 0.25) is 0 Å². The summed E-state index contributed by atoms with van der Waals surface area (Å²) in [5, 5.41) is 8.82. The van der Waals surface area contributed by atoms with Gasteiger partial charge in [0.05, 0.1) is 0 Å². The number of carbonyl (C=O) groups is 1. The highest BCUT2D eigenvalue weighted by Crippen LogP contribution is 2.45. The smallest absolute Gasteiger partial charge is 0.333 e. The first-order valence-corrected chi connectivity index (χ1v) is 5.51. The predicted molar refractivity (Wildman–Crippen MR) is 58.4 cm³/mol. The van der Waals surface area contributed by atoms with Crippen molar-refractivity contribution in [2.75, 3.05) is 6.61 Å². The Morgan fingerprint density at radius 2 is 2.33 bits per heavy atom. The van der Waals surface area contributed by atoms with Crippen LogP contribution < -0.4 is 0 Å². The average Bonchev–Trinajstić information content (AvgIpc) is 2.21. The van der Waals surface area contributed by atoms with Crippen LogP contribution in [0, 0.1) is 5.92 Å². The van der Waals surface area contributed by atoms with Gasteiger partial charge < -0.3 is 9.84 Å². The number of carbonyl (C=O) groups excluding carboxylic acids is 1. The van der Waals surface area contributed by atoms with E-state index in [2.05, 4.69) is 13.5 Å². The maximum Gasteiger partial charge on any atom is 0.333 e. The third-order valence-electron chi connectivity index (χ3n) is 3.30. The fraction of sp³-hybridized carbons (Fsp3) is 0.750. The molecule has 3 heteroatoms. The van der Waals surface area contributed by atoms with E-state index < -0.39 is 0 Å². The molecule has 0 aromatic rings. The van der Waals surface area contributed by atoms with Crippen molar-refractivity contribution in [3.63, 3.8) is 0 Å².